The zero-order valence-electron chi connectivity index (χ0n) is 14.5. The highest BCUT2D eigenvalue weighted by Crippen LogP contribution is 2.32. The number of aryl methyl sites for hydroxylation is 1. The minimum absolute atomic E-state index is 0.184. The van der Waals surface area contributed by atoms with Gasteiger partial charge in [0.15, 0.2) is 0 Å². The lowest BCUT2D eigenvalue weighted by Gasteiger charge is -2.32. The van der Waals surface area contributed by atoms with Gasteiger partial charge in [0.25, 0.3) is 0 Å². The molecule has 0 aromatic heterocycles. The Balaban J connectivity index is 1.78. The van der Waals surface area contributed by atoms with Crippen molar-refractivity contribution in [1.29, 1.82) is 0 Å². The maximum Gasteiger partial charge on any atom is 0.131 e. The summed E-state index contributed by atoms with van der Waals surface area (Å²) in [6, 6.07) is 30.3. The maximum absolute atomic E-state index is 4.82. The molecule has 0 aliphatic carbocycles. The summed E-state index contributed by atoms with van der Waals surface area (Å²) in [6.45, 7) is 3.92. The molecule has 3 aromatic carbocycles. The molecule has 0 radical (unpaired) electrons. The molecule has 0 N–H and O–H groups in total. The molecule has 1 atom stereocenters. The van der Waals surface area contributed by atoms with Crippen molar-refractivity contribution in [1.82, 2.24) is 4.90 Å². The van der Waals surface area contributed by atoms with Crippen molar-refractivity contribution in [2.45, 2.75) is 13.0 Å². The van der Waals surface area contributed by atoms with E-state index in [2.05, 4.69) is 96.8 Å². The lowest BCUT2D eigenvalue weighted by molar-refractivity contribution is 0.389. The Morgan fingerprint density at radius 2 is 1.36 bits per heavy atom. The molecule has 0 saturated heterocycles. The van der Waals surface area contributed by atoms with Crippen LogP contribution in [-0.2, 0) is 0 Å². The molecule has 25 heavy (non-hydrogen) atoms. The van der Waals surface area contributed by atoms with Crippen molar-refractivity contribution < 1.29 is 0 Å². The van der Waals surface area contributed by atoms with Gasteiger partial charge in [-0.1, -0.05) is 90.5 Å². The highest BCUT2D eigenvalue weighted by molar-refractivity contribution is 6.00. The molecule has 3 aromatic rings. The summed E-state index contributed by atoms with van der Waals surface area (Å²) in [6.07, 6.45) is 0. The smallest absolute Gasteiger partial charge is 0.131 e. The maximum atomic E-state index is 4.82. The summed E-state index contributed by atoms with van der Waals surface area (Å²) >= 11 is 0. The molecule has 1 unspecified atom stereocenters. The largest absolute Gasteiger partial charge is 0.343 e. The van der Waals surface area contributed by atoms with Crippen molar-refractivity contribution in [2.75, 3.05) is 13.1 Å². The van der Waals surface area contributed by atoms with Crippen LogP contribution in [0.15, 0.2) is 89.9 Å². The van der Waals surface area contributed by atoms with Gasteiger partial charge >= 0.3 is 0 Å². The molecular weight excluding hydrogens is 304 g/mol. The Kier molecular flexibility index (Phi) is 4.34. The van der Waals surface area contributed by atoms with Gasteiger partial charge in [-0.2, -0.15) is 0 Å². The zero-order valence-corrected chi connectivity index (χ0v) is 14.5. The summed E-state index contributed by atoms with van der Waals surface area (Å²) in [7, 11) is 0. The van der Waals surface area contributed by atoms with Crippen LogP contribution in [0.4, 0.5) is 0 Å². The van der Waals surface area contributed by atoms with Gasteiger partial charge in [0.2, 0.25) is 0 Å². The minimum Gasteiger partial charge on any atom is -0.343 e. The van der Waals surface area contributed by atoms with Gasteiger partial charge in [-0.05, 0) is 18.1 Å². The molecule has 1 aliphatic rings. The molecule has 0 amide bonds. The number of hydrogen-bond acceptors (Lipinski definition) is 2. The van der Waals surface area contributed by atoms with Crippen molar-refractivity contribution in [3.63, 3.8) is 0 Å². The number of amidine groups is 1. The van der Waals surface area contributed by atoms with Gasteiger partial charge < -0.3 is 4.90 Å². The standard InChI is InChI=1S/C23H22N2/c1-18-12-14-20(15-13-18)22(19-8-4-2-5-9-19)25-17-16-24-23(25)21-10-6-3-7-11-21/h2-15,22H,16-17H2,1H3. The van der Waals surface area contributed by atoms with E-state index < -0.39 is 0 Å². The van der Waals surface area contributed by atoms with Crippen LogP contribution in [-0.4, -0.2) is 23.8 Å². The van der Waals surface area contributed by atoms with E-state index in [9.17, 15) is 0 Å². The monoisotopic (exact) mass is 326 g/mol. The molecular formula is C23H22N2. The van der Waals surface area contributed by atoms with Crippen LogP contribution in [0.1, 0.15) is 28.3 Å². The van der Waals surface area contributed by atoms with E-state index in [1.807, 2.05) is 0 Å². The van der Waals surface area contributed by atoms with Gasteiger partial charge in [0.1, 0.15) is 5.84 Å². The predicted molar refractivity (Wildman–Crippen MR) is 104 cm³/mol. The van der Waals surface area contributed by atoms with Gasteiger partial charge in [0.05, 0.1) is 12.6 Å². The van der Waals surface area contributed by atoms with E-state index in [-0.39, 0.29) is 6.04 Å². The van der Waals surface area contributed by atoms with Crippen molar-refractivity contribution in [3.8, 4) is 0 Å². The average Bonchev–Trinajstić information content (AvgIpc) is 3.14. The lowest BCUT2D eigenvalue weighted by Crippen LogP contribution is -2.33. The number of nitrogens with zero attached hydrogens (tertiary/aromatic N) is 2. The van der Waals surface area contributed by atoms with Crippen molar-refractivity contribution in [3.05, 3.63) is 107 Å². The van der Waals surface area contributed by atoms with Gasteiger partial charge in [-0.3, -0.25) is 4.99 Å². The van der Waals surface area contributed by atoms with Crippen LogP contribution >= 0.6 is 0 Å². The summed E-state index contributed by atoms with van der Waals surface area (Å²) < 4.78 is 0. The third-order valence-electron chi connectivity index (χ3n) is 4.73. The fraction of sp³-hybridized carbons (Fsp3) is 0.174. The van der Waals surface area contributed by atoms with E-state index in [1.54, 1.807) is 0 Å². The first kappa shape index (κ1) is 15.6. The fourth-order valence-corrected chi connectivity index (χ4v) is 3.49. The lowest BCUT2D eigenvalue weighted by atomic mass is 9.95. The summed E-state index contributed by atoms with van der Waals surface area (Å²) in [4.78, 5) is 7.26. The Morgan fingerprint density at radius 3 is 2.04 bits per heavy atom. The molecule has 2 heteroatoms. The Bertz CT molecular complexity index is 852. The second-order valence-corrected chi connectivity index (χ2v) is 6.49. The summed E-state index contributed by atoms with van der Waals surface area (Å²) in [5.74, 6) is 1.09. The van der Waals surface area contributed by atoms with E-state index >= 15 is 0 Å². The van der Waals surface area contributed by atoms with E-state index in [0.29, 0.717) is 0 Å². The molecule has 0 bridgehead atoms. The molecule has 1 heterocycles. The number of aliphatic imine (C=N–C) groups is 1. The van der Waals surface area contributed by atoms with Crippen LogP contribution < -0.4 is 0 Å². The Morgan fingerprint density at radius 1 is 0.760 bits per heavy atom. The quantitative estimate of drug-likeness (QED) is 0.669. The number of rotatable bonds is 4. The Labute approximate surface area is 149 Å². The zero-order chi connectivity index (χ0) is 17.1. The average molecular weight is 326 g/mol. The van der Waals surface area contributed by atoms with Crippen molar-refractivity contribution in [2.24, 2.45) is 4.99 Å². The van der Waals surface area contributed by atoms with Gasteiger partial charge in [-0.15, -0.1) is 0 Å². The number of benzene rings is 3. The molecule has 4 rings (SSSR count). The first-order valence-corrected chi connectivity index (χ1v) is 8.81. The number of hydrogen-bond donors (Lipinski definition) is 0. The first-order chi connectivity index (χ1) is 12.3. The first-order valence-electron chi connectivity index (χ1n) is 8.81. The van der Waals surface area contributed by atoms with E-state index in [4.69, 9.17) is 4.99 Å². The summed E-state index contributed by atoms with van der Waals surface area (Å²) in [5.41, 5.74) is 5.08. The summed E-state index contributed by atoms with van der Waals surface area (Å²) in [5, 5.41) is 0. The van der Waals surface area contributed by atoms with Crippen LogP contribution in [0.25, 0.3) is 0 Å². The highest BCUT2D eigenvalue weighted by Gasteiger charge is 2.28. The van der Waals surface area contributed by atoms with Crippen LogP contribution in [0, 0.1) is 6.92 Å². The van der Waals surface area contributed by atoms with Crippen LogP contribution in [0.5, 0.6) is 0 Å². The highest BCUT2D eigenvalue weighted by atomic mass is 15.3. The van der Waals surface area contributed by atoms with Crippen LogP contribution in [0.3, 0.4) is 0 Å². The molecule has 2 nitrogen and oxygen atoms in total. The second kappa shape index (κ2) is 6.94. The fourth-order valence-electron chi connectivity index (χ4n) is 3.49. The normalized spacial score (nSPS) is 15.1. The van der Waals surface area contributed by atoms with E-state index in [0.717, 1.165) is 18.9 Å². The van der Waals surface area contributed by atoms with Gasteiger partial charge in [0, 0.05) is 12.1 Å². The predicted octanol–water partition coefficient (Wildman–Crippen LogP) is 4.85. The Hall–Kier alpha value is -2.87. The topological polar surface area (TPSA) is 15.6 Å². The molecule has 0 spiro atoms. The molecule has 0 saturated carbocycles. The molecule has 0 fully saturated rings. The van der Waals surface area contributed by atoms with E-state index in [1.165, 1.54) is 22.3 Å². The SMILES string of the molecule is Cc1ccc(C(c2ccccc2)N2CCN=C2c2ccccc2)cc1. The molecule has 1 aliphatic heterocycles. The van der Waals surface area contributed by atoms with Crippen molar-refractivity contribution >= 4 is 5.84 Å². The van der Waals surface area contributed by atoms with Gasteiger partial charge in [-0.25, -0.2) is 0 Å². The minimum atomic E-state index is 0.184. The molecule has 124 valence electrons. The third-order valence-corrected chi connectivity index (χ3v) is 4.73. The second-order valence-electron chi connectivity index (χ2n) is 6.49. The van der Waals surface area contributed by atoms with Crippen LogP contribution in [0.2, 0.25) is 0 Å². The third kappa shape index (κ3) is 3.20.